The van der Waals surface area contributed by atoms with Crippen molar-refractivity contribution in [2.75, 3.05) is 46.4 Å². The molecule has 140 valence electrons. The summed E-state index contributed by atoms with van der Waals surface area (Å²) in [5.74, 6) is 1.15. The van der Waals surface area contributed by atoms with Crippen LogP contribution in [0.4, 0.5) is 0 Å². The Labute approximate surface area is 149 Å². The minimum atomic E-state index is -0.444. The molecule has 0 atom stereocenters. The summed E-state index contributed by atoms with van der Waals surface area (Å²) >= 11 is 0. The van der Waals surface area contributed by atoms with Gasteiger partial charge in [-0.05, 0) is 18.9 Å². The predicted molar refractivity (Wildman–Crippen MR) is 94.3 cm³/mol. The molecule has 1 saturated heterocycles. The molecule has 1 N–H and O–H groups in total. The number of aryl methyl sites for hydroxylation is 1. The van der Waals surface area contributed by atoms with Gasteiger partial charge in [0.2, 0.25) is 11.7 Å². The first-order chi connectivity index (χ1) is 11.9. The maximum absolute atomic E-state index is 11.9. The Balaban J connectivity index is 1.77. The number of hydrogen-bond acceptors (Lipinski definition) is 6. The molecular formula is C18H29N3O4. The van der Waals surface area contributed by atoms with Crippen LogP contribution in [0, 0.1) is 12.8 Å². The molecule has 1 aliphatic heterocycles. The van der Waals surface area contributed by atoms with Crippen molar-refractivity contribution >= 4 is 11.9 Å². The lowest BCUT2D eigenvalue weighted by Crippen LogP contribution is -2.49. The zero-order chi connectivity index (χ0) is 18.4. The fourth-order valence-electron chi connectivity index (χ4n) is 2.82. The van der Waals surface area contributed by atoms with Gasteiger partial charge in [0, 0.05) is 38.3 Å². The molecule has 0 aliphatic carbocycles. The number of furan rings is 1. The van der Waals surface area contributed by atoms with Gasteiger partial charge < -0.3 is 14.5 Å². The standard InChI is InChI=1S/C18H29N3O4/c1-13(2)10-19-16(22)12-21-7-5-20(6-8-21)11-15-9-14(3)17(25-15)18(23)24-4/h9,13H,5-8,10-12H2,1-4H3,(H,19,22). The van der Waals surface area contributed by atoms with Crippen molar-refractivity contribution in [1.82, 2.24) is 15.1 Å². The number of ether oxygens (including phenoxy) is 1. The average Bonchev–Trinajstić information content (AvgIpc) is 2.94. The van der Waals surface area contributed by atoms with Gasteiger partial charge in [-0.3, -0.25) is 14.6 Å². The summed E-state index contributed by atoms with van der Waals surface area (Å²) in [4.78, 5) is 27.9. The van der Waals surface area contributed by atoms with E-state index in [1.807, 2.05) is 13.0 Å². The SMILES string of the molecule is COC(=O)c1oc(CN2CCN(CC(=O)NCC(C)C)CC2)cc1C. The number of hydrogen-bond donors (Lipinski definition) is 1. The van der Waals surface area contributed by atoms with Crippen LogP contribution >= 0.6 is 0 Å². The average molecular weight is 351 g/mol. The number of amides is 1. The molecule has 0 radical (unpaired) electrons. The van der Waals surface area contributed by atoms with Crippen molar-refractivity contribution < 1.29 is 18.7 Å². The number of esters is 1. The highest BCUT2D eigenvalue weighted by atomic mass is 16.5. The van der Waals surface area contributed by atoms with E-state index in [1.54, 1.807) is 0 Å². The Morgan fingerprint density at radius 1 is 1.24 bits per heavy atom. The molecule has 0 saturated carbocycles. The van der Waals surface area contributed by atoms with Gasteiger partial charge in [0.15, 0.2) is 0 Å². The summed E-state index contributed by atoms with van der Waals surface area (Å²) in [6, 6.07) is 1.89. The molecule has 0 aromatic carbocycles. The first-order valence-electron chi connectivity index (χ1n) is 8.78. The molecule has 1 aromatic heterocycles. The number of carbonyl (C=O) groups excluding carboxylic acids is 2. The smallest absolute Gasteiger partial charge is 0.374 e. The van der Waals surface area contributed by atoms with E-state index in [9.17, 15) is 9.59 Å². The second-order valence-corrected chi connectivity index (χ2v) is 6.97. The fraction of sp³-hybridized carbons (Fsp3) is 0.667. The predicted octanol–water partition coefficient (Wildman–Crippen LogP) is 1.26. The van der Waals surface area contributed by atoms with E-state index in [1.165, 1.54) is 7.11 Å². The fourth-order valence-corrected chi connectivity index (χ4v) is 2.82. The van der Waals surface area contributed by atoms with Crippen LogP contribution in [0.3, 0.4) is 0 Å². The zero-order valence-corrected chi connectivity index (χ0v) is 15.6. The van der Waals surface area contributed by atoms with Crippen LogP contribution in [0.2, 0.25) is 0 Å². The minimum absolute atomic E-state index is 0.0894. The molecule has 1 aromatic rings. The number of methoxy groups -OCH3 is 1. The van der Waals surface area contributed by atoms with Gasteiger partial charge in [-0.15, -0.1) is 0 Å². The second kappa shape index (κ2) is 9.01. The highest BCUT2D eigenvalue weighted by molar-refractivity contribution is 5.87. The molecule has 7 heteroatoms. The van der Waals surface area contributed by atoms with E-state index in [4.69, 9.17) is 9.15 Å². The van der Waals surface area contributed by atoms with Gasteiger partial charge in [-0.2, -0.15) is 0 Å². The summed E-state index contributed by atoms with van der Waals surface area (Å²) in [6.07, 6.45) is 0. The van der Waals surface area contributed by atoms with Crippen LogP contribution < -0.4 is 5.32 Å². The lowest BCUT2D eigenvalue weighted by atomic mass is 10.2. The van der Waals surface area contributed by atoms with Crippen molar-refractivity contribution in [3.8, 4) is 0 Å². The van der Waals surface area contributed by atoms with Crippen molar-refractivity contribution in [3.05, 3.63) is 23.2 Å². The Morgan fingerprint density at radius 2 is 1.88 bits per heavy atom. The highest BCUT2D eigenvalue weighted by Crippen LogP contribution is 2.18. The van der Waals surface area contributed by atoms with E-state index in [0.717, 1.165) is 44.0 Å². The first-order valence-corrected chi connectivity index (χ1v) is 8.78. The second-order valence-electron chi connectivity index (χ2n) is 6.97. The molecule has 1 fully saturated rings. The summed E-state index contributed by atoms with van der Waals surface area (Å²) in [5, 5.41) is 2.95. The van der Waals surface area contributed by atoms with Gasteiger partial charge >= 0.3 is 5.97 Å². The quantitative estimate of drug-likeness (QED) is 0.746. The number of nitrogens with zero attached hydrogens (tertiary/aromatic N) is 2. The summed E-state index contributed by atoms with van der Waals surface area (Å²) in [7, 11) is 1.35. The van der Waals surface area contributed by atoms with Gasteiger partial charge in [-0.1, -0.05) is 13.8 Å². The van der Waals surface area contributed by atoms with Gasteiger partial charge in [0.05, 0.1) is 20.2 Å². The van der Waals surface area contributed by atoms with Crippen LogP contribution in [0.5, 0.6) is 0 Å². The molecule has 0 spiro atoms. The number of rotatable bonds is 7. The van der Waals surface area contributed by atoms with E-state index in [0.29, 0.717) is 19.0 Å². The number of carbonyl (C=O) groups is 2. The largest absolute Gasteiger partial charge is 0.463 e. The van der Waals surface area contributed by atoms with Crippen molar-refractivity contribution in [3.63, 3.8) is 0 Å². The molecular weight excluding hydrogens is 322 g/mol. The zero-order valence-electron chi connectivity index (χ0n) is 15.6. The number of nitrogens with one attached hydrogen (secondary N) is 1. The van der Waals surface area contributed by atoms with E-state index in [-0.39, 0.29) is 11.7 Å². The topological polar surface area (TPSA) is 75.0 Å². The van der Waals surface area contributed by atoms with Crippen LogP contribution in [0.25, 0.3) is 0 Å². The Kier molecular flexibility index (Phi) is 7.01. The van der Waals surface area contributed by atoms with Gasteiger partial charge in [0.1, 0.15) is 5.76 Å². The Hall–Kier alpha value is -1.86. The molecule has 25 heavy (non-hydrogen) atoms. The van der Waals surface area contributed by atoms with Crippen LogP contribution in [-0.4, -0.2) is 68.1 Å². The summed E-state index contributed by atoms with van der Waals surface area (Å²) in [5.41, 5.74) is 0.794. The van der Waals surface area contributed by atoms with Gasteiger partial charge in [-0.25, -0.2) is 4.79 Å². The van der Waals surface area contributed by atoms with E-state index >= 15 is 0 Å². The van der Waals surface area contributed by atoms with Crippen molar-refractivity contribution in [2.45, 2.75) is 27.3 Å². The number of piperazine rings is 1. The maximum Gasteiger partial charge on any atom is 0.374 e. The van der Waals surface area contributed by atoms with E-state index in [2.05, 4.69) is 29.0 Å². The van der Waals surface area contributed by atoms with Crippen LogP contribution in [0.1, 0.15) is 35.7 Å². The van der Waals surface area contributed by atoms with E-state index < -0.39 is 5.97 Å². The molecule has 1 aliphatic rings. The highest BCUT2D eigenvalue weighted by Gasteiger charge is 2.22. The third-order valence-electron chi connectivity index (χ3n) is 4.26. The first kappa shape index (κ1) is 19.5. The molecule has 2 heterocycles. The van der Waals surface area contributed by atoms with Crippen molar-refractivity contribution in [1.29, 1.82) is 0 Å². The third kappa shape index (κ3) is 5.86. The molecule has 2 rings (SSSR count). The summed E-state index contributed by atoms with van der Waals surface area (Å²) < 4.78 is 10.3. The van der Waals surface area contributed by atoms with Crippen LogP contribution in [0.15, 0.2) is 10.5 Å². The Bertz CT molecular complexity index is 589. The monoisotopic (exact) mass is 351 g/mol. The lowest BCUT2D eigenvalue weighted by Gasteiger charge is -2.33. The summed E-state index contributed by atoms with van der Waals surface area (Å²) in [6.45, 7) is 11.3. The lowest BCUT2D eigenvalue weighted by molar-refractivity contribution is -0.122. The molecule has 0 unspecified atom stereocenters. The molecule has 0 bridgehead atoms. The maximum atomic E-state index is 11.9. The third-order valence-corrected chi connectivity index (χ3v) is 4.26. The van der Waals surface area contributed by atoms with Gasteiger partial charge in [0.25, 0.3) is 0 Å². The van der Waals surface area contributed by atoms with Crippen LogP contribution in [-0.2, 0) is 16.1 Å². The van der Waals surface area contributed by atoms with Crippen molar-refractivity contribution in [2.24, 2.45) is 5.92 Å². The minimum Gasteiger partial charge on any atom is -0.463 e. The normalized spacial score (nSPS) is 16.2. The Morgan fingerprint density at radius 3 is 2.48 bits per heavy atom. The molecule has 1 amide bonds. The molecule has 7 nitrogen and oxygen atoms in total.